The second-order valence-electron chi connectivity index (χ2n) is 4.08. The summed E-state index contributed by atoms with van der Waals surface area (Å²) in [4.78, 5) is 22.7. The lowest BCUT2D eigenvalue weighted by Gasteiger charge is -2.09. The second-order valence-corrected chi connectivity index (χ2v) is 5.14. The maximum Gasteiger partial charge on any atom is 0.336 e. The van der Waals surface area contributed by atoms with E-state index < -0.39 is 10.9 Å². The van der Waals surface area contributed by atoms with Crippen LogP contribution in [0.3, 0.4) is 0 Å². The molecule has 0 aliphatic heterocycles. The van der Waals surface area contributed by atoms with Crippen LogP contribution < -0.4 is 0 Å². The summed E-state index contributed by atoms with van der Waals surface area (Å²) in [6, 6.07) is 11.2. The minimum Gasteiger partial charge on any atom is -0.478 e. The van der Waals surface area contributed by atoms with Gasteiger partial charge in [-0.15, -0.1) is 0 Å². The van der Waals surface area contributed by atoms with Crippen LogP contribution in [0.5, 0.6) is 0 Å². The van der Waals surface area contributed by atoms with Crippen molar-refractivity contribution in [3.8, 4) is 0 Å². The fourth-order valence-electron chi connectivity index (χ4n) is 1.76. The Morgan fingerprint density at radius 1 is 1.20 bits per heavy atom. The molecule has 0 unspecified atom stereocenters. The van der Waals surface area contributed by atoms with Gasteiger partial charge in [0.2, 0.25) is 0 Å². The summed E-state index contributed by atoms with van der Waals surface area (Å²) < 4.78 is 0. The summed E-state index contributed by atoms with van der Waals surface area (Å²) in [5.74, 6) is -1.05. The Kier molecular flexibility index (Phi) is 4.05. The van der Waals surface area contributed by atoms with E-state index in [1.54, 1.807) is 37.3 Å². The number of aromatic carboxylic acids is 1. The molecule has 0 saturated carbocycles. The van der Waals surface area contributed by atoms with E-state index in [0.717, 1.165) is 17.3 Å². The van der Waals surface area contributed by atoms with Gasteiger partial charge in [-0.2, -0.15) is 0 Å². The highest BCUT2D eigenvalue weighted by Gasteiger charge is 2.18. The van der Waals surface area contributed by atoms with Crippen LogP contribution in [-0.2, 0) is 0 Å². The number of benzene rings is 2. The first-order chi connectivity index (χ1) is 9.50. The van der Waals surface area contributed by atoms with Crippen molar-refractivity contribution >= 4 is 23.4 Å². The molecule has 0 amide bonds. The maximum absolute atomic E-state index is 11.2. The van der Waals surface area contributed by atoms with Crippen molar-refractivity contribution in [3.63, 3.8) is 0 Å². The molecule has 2 aromatic carbocycles. The van der Waals surface area contributed by atoms with E-state index in [2.05, 4.69) is 0 Å². The molecule has 0 heterocycles. The first-order valence-electron chi connectivity index (χ1n) is 5.75. The molecule has 5 nitrogen and oxygen atoms in total. The molecule has 0 aliphatic carbocycles. The first kappa shape index (κ1) is 14.1. The average Bonchev–Trinajstić information content (AvgIpc) is 2.41. The lowest BCUT2D eigenvalue weighted by atomic mass is 10.1. The van der Waals surface area contributed by atoms with Crippen molar-refractivity contribution in [1.29, 1.82) is 0 Å². The number of nitro benzene ring substituents is 1. The zero-order valence-electron chi connectivity index (χ0n) is 10.6. The summed E-state index contributed by atoms with van der Waals surface area (Å²) in [6.45, 7) is 1.78. The number of hydrogen-bond donors (Lipinski definition) is 1. The fourth-order valence-corrected chi connectivity index (χ4v) is 2.87. The van der Waals surface area contributed by atoms with E-state index in [1.807, 2.05) is 0 Å². The zero-order chi connectivity index (χ0) is 14.7. The monoisotopic (exact) mass is 289 g/mol. The number of aryl methyl sites for hydroxylation is 1. The van der Waals surface area contributed by atoms with E-state index in [-0.39, 0.29) is 11.3 Å². The Balaban J connectivity index is 2.51. The van der Waals surface area contributed by atoms with Crippen molar-refractivity contribution in [3.05, 3.63) is 63.7 Å². The molecule has 0 bridgehead atoms. The van der Waals surface area contributed by atoms with Gasteiger partial charge in [-0.25, -0.2) is 4.79 Å². The molecular weight excluding hydrogens is 278 g/mol. The fraction of sp³-hybridized carbons (Fsp3) is 0.0714. The molecule has 0 saturated heterocycles. The quantitative estimate of drug-likeness (QED) is 0.684. The third-order valence-electron chi connectivity index (χ3n) is 2.72. The molecule has 2 aromatic rings. The first-order valence-corrected chi connectivity index (χ1v) is 6.56. The Hall–Kier alpha value is -2.34. The third kappa shape index (κ3) is 2.80. The second kappa shape index (κ2) is 5.75. The summed E-state index contributed by atoms with van der Waals surface area (Å²) in [7, 11) is 0. The number of rotatable bonds is 4. The molecule has 1 N–H and O–H groups in total. The van der Waals surface area contributed by atoms with Gasteiger partial charge in [-0.1, -0.05) is 36.0 Å². The Bertz CT molecular complexity index is 685. The van der Waals surface area contributed by atoms with Crippen LogP contribution in [0.15, 0.2) is 52.3 Å². The molecule has 102 valence electrons. The van der Waals surface area contributed by atoms with Crippen LogP contribution in [0.1, 0.15) is 15.9 Å². The van der Waals surface area contributed by atoms with Crippen LogP contribution in [0, 0.1) is 17.0 Å². The van der Waals surface area contributed by atoms with Gasteiger partial charge >= 0.3 is 5.97 Å². The standard InChI is InChI=1S/C14H11NO4S/c1-9-5-4-6-10(14(16)17)13(9)20-12-8-3-2-7-11(12)15(18)19/h2-8H,1H3,(H,16,17). The molecule has 20 heavy (non-hydrogen) atoms. The predicted octanol–water partition coefficient (Wildman–Crippen LogP) is 3.75. The highest BCUT2D eigenvalue weighted by Crippen LogP contribution is 2.37. The normalized spacial score (nSPS) is 10.2. The number of nitrogens with zero attached hydrogens (tertiary/aromatic N) is 1. The van der Waals surface area contributed by atoms with Crippen LogP contribution in [0.4, 0.5) is 5.69 Å². The smallest absolute Gasteiger partial charge is 0.336 e. The molecule has 0 atom stereocenters. The molecule has 0 aromatic heterocycles. The highest BCUT2D eigenvalue weighted by molar-refractivity contribution is 7.99. The lowest BCUT2D eigenvalue weighted by Crippen LogP contribution is -2.00. The van der Waals surface area contributed by atoms with Crippen molar-refractivity contribution in [1.82, 2.24) is 0 Å². The average molecular weight is 289 g/mol. The molecule has 2 rings (SSSR count). The zero-order valence-corrected chi connectivity index (χ0v) is 11.4. The van der Waals surface area contributed by atoms with Gasteiger partial charge in [0.15, 0.2) is 0 Å². The number of nitro groups is 1. The van der Waals surface area contributed by atoms with Gasteiger partial charge in [0.1, 0.15) is 0 Å². The van der Waals surface area contributed by atoms with E-state index >= 15 is 0 Å². The number of carboxylic acid groups (broad SMARTS) is 1. The molecule has 0 radical (unpaired) electrons. The highest BCUT2D eigenvalue weighted by atomic mass is 32.2. The minimum absolute atomic E-state index is 0.0305. The number of carbonyl (C=O) groups is 1. The summed E-state index contributed by atoms with van der Waals surface area (Å²) in [5, 5.41) is 20.2. The largest absolute Gasteiger partial charge is 0.478 e. The molecule has 0 fully saturated rings. The Morgan fingerprint density at radius 2 is 1.90 bits per heavy atom. The van der Waals surface area contributed by atoms with Crippen molar-refractivity contribution < 1.29 is 14.8 Å². The van der Waals surface area contributed by atoms with Crippen LogP contribution in [0.2, 0.25) is 0 Å². The predicted molar refractivity (Wildman–Crippen MR) is 75.4 cm³/mol. The van der Waals surface area contributed by atoms with Crippen LogP contribution in [-0.4, -0.2) is 16.0 Å². The molecule has 0 spiro atoms. The molecule has 6 heteroatoms. The topological polar surface area (TPSA) is 80.4 Å². The van der Waals surface area contributed by atoms with Crippen molar-refractivity contribution in [2.75, 3.05) is 0 Å². The Morgan fingerprint density at radius 3 is 2.55 bits per heavy atom. The van der Waals surface area contributed by atoms with Gasteiger partial charge in [-0.05, 0) is 24.6 Å². The summed E-state index contributed by atoms with van der Waals surface area (Å²) >= 11 is 1.10. The van der Waals surface area contributed by atoms with Crippen LogP contribution >= 0.6 is 11.8 Å². The van der Waals surface area contributed by atoms with Gasteiger partial charge < -0.3 is 5.11 Å². The van der Waals surface area contributed by atoms with Crippen LogP contribution in [0.25, 0.3) is 0 Å². The van der Waals surface area contributed by atoms with E-state index in [4.69, 9.17) is 0 Å². The third-order valence-corrected chi connectivity index (χ3v) is 4.03. The minimum atomic E-state index is -1.05. The van der Waals surface area contributed by atoms with E-state index in [0.29, 0.717) is 9.79 Å². The van der Waals surface area contributed by atoms with Crippen molar-refractivity contribution in [2.45, 2.75) is 16.7 Å². The maximum atomic E-state index is 11.2. The van der Waals surface area contributed by atoms with Crippen molar-refractivity contribution in [2.24, 2.45) is 0 Å². The van der Waals surface area contributed by atoms with E-state index in [9.17, 15) is 20.0 Å². The summed E-state index contributed by atoms with van der Waals surface area (Å²) in [5.41, 5.74) is 0.887. The van der Waals surface area contributed by atoms with E-state index in [1.165, 1.54) is 12.1 Å². The SMILES string of the molecule is Cc1cccc(C(=O)O)c1Sc1ccccc1[N+](=O)[O-]. The number of para-hydroxylation sites is 1. The molecule has 0 aliphatic rings. The molecular formula is C14H11NO4S. The van der Waals surface area contributed by atoms with Gasteiger partial charge in [0, 0.05) is 11.0 Å². The lowest BCUT2D eigenvalue weighted by molar-refractivity contribution is -0.387. The number of carboxylic acids is 1. The van der Waals surface area contributed by atoms with Gasteiger partial charge in [0.25, 0.3) is 5.69 Å². The van der Waals surface area contributed by atoms with Gasteiger partial charge in [-0.3, -0.25) is 10.1 Å². The number of hydrogen-bond acceptors (Lipinski definition) is 4. The van der Waals surface area contributed by atoms with Gasteiger partial charge in [0.05, 0.1) is 15.4 Å². The Labute approximate surface area is 119 Å². The summed E-state index contributed by atoms with van der Waals surface area (Å²) in [6.07, 6.45) is 0.